The van der Waals surface area contributed by atoms with Crippen molar-refractivity contribution in [3.63, 3.8) is 0 Å². The van der Waals surface area contributed by atoms with Crippen LogP contribution in [0.3, 0.4) is 0 Å². The van der Waals surface area contributed by atoms with E-state index >= 15 is 0 Å². The molecular weight excluding hydrogens is 318 g/mol. The summed E-state index contributed by atoms with van der Waals surface area (Å²) in [5.41, 5.74) is 1.90. The summed E-state index contributed by atoms with van der Waals surface area (Å²) in [6, 6.07) is 5.95. The van der Waals surface area contributed by atoms with Gasteiger partial charge in [0.15, 0.2) is 5.96 Å². The van der Waals surface area contributed by atoms with Crippen molar-refractivity contribution < 1.29 is 9.53 Å². The lowest BCUT2D eigenvalue weighted by molar-refractivity contribution is -0.149. The van der Waals surface area contributed by atoms with Gasteiger partial charge in [-0.3, -0.25) is 9.79 Å². The highest BCUT2D eigenvalue weighted by atomic mass is 16.5. The van der Waals surface area contributed by atoms with Crippen molar-refractivity contribution in [1.82, 2.24) is 19.6 Å². The molecule has 1 saturated heterocycles. The highest BCUT2D eigenvalue weighted by Gasteiger charge is 2.27. The molecule has 0 saturated carbocycles. The third kappa shape index (κ3) is 4.10. The van der Waals surface area contributed by atoms with Crippen molar-refractivity contribution in [2.24, 2.45) is 10.9 Å². The van der Waals surface area contributed by atoms with E-state index in [0.29, 0.717) is 13.2 Å². The maximum atomic E-state index is 11.8. The molecule has 0 spiro atoms. The van der Waals surface area contributed by atoms with Gasteiger partial charge in [0.05, 0.1) is 24.8 Å². The topological polar surface area (TPSA) is 71.2 Å². The van der Waals surface area contributed by atoms with Gasteiger partial charge in [-0.15, -0.1) is 0 Å². The van der Waals surface area contributed by atoms with Crippen LogP contribution in [0.15, 0.2) is 35.6 Å². The van der Waals surface area contributed by atoms with Crippen LogP contribution in [0, 0.1) is 5.92 Å². The lowest BCUT2D eigenvalue weighted by atomic mass is 9.97. The molecule has 7 heteroatoms. The summed E-state index contributed by atoms with van der Waals surface area (Å²) < 4.78 is 7.13. The molecule has 0 aromatic carbocycles. The molecule has 0 radical (unpaired) electrons. The van der Waals surface area contributed by atoms with Crippen LogP contribution in [-0.2, 0) is 16.1 Å². The van der Waals surface area contributed by atoms with E-state index in [1.807, 2.05) is 41.9 Å². The van der Waals surface area contributed by atoms with Crippen molar-refractivity contribution >= 4 is 17.6 Å². The number of carbonyl (C=O) groups excluding carboxylic acids is 1. The summed E-state index contributed by atoms with van der Waals surface area (Å²) in [7, 11) is 1.78. The number of imidazole rings is 1. The number of hydrogen-bond acceptors (Lipinski definition) is 4. The largest absolute Gasteiger partial charge is 0.466 e. The number of carbonyl (C=O) groups is 1. The fourth-order valence-electron chi connectivity index (χ4n) is 3.16. The Bertz CT molecular complexity index is 714. The van der Waals surface area contributed by atoms with E-state index in [0.717, 1.165) is 43.2 Å². The highest BCUT2D eigenvalue weighted by Crippen LogP contribution is 2.18. The summed E-state index contributed by atoms with van der Waals surface area (Å²) >= 11 is 0. The molecular formula is C18H25N5O2. The van der Waals surface area contributed by atoms with Crippen molar-refractivity contribution in [1.29, 1.82) is 0 Å². The number of piperidine rings is 1. The number of fused-ring (bicyclic) bond motifs is 1. The first-order chi connectivity index (χ1) is 12.2. The molecule has 1 aliphatic rings. The number of ether oxygens (including phenoxy) is 1. The number of likely N-dealkylation sites (tertiary alicyclic amines) is 1. The third-order valence-electron chi connectivity index (χ3n) is 4.47. The van der Waals surface area contributed by atoms with Crippen molar-refractivity contribution in [2.75, 3.05) is 26.7 Å². The molecule has 7 nitrogen and oxygen atoms in total. The van der Waals surface area contributed by atoms with Crippen molar-refractivity contribution in [2.45, 2.75) is 26.3 Å². The molecule has 0 aliphatic carbocycles. The van der Waals surface area contributed by atoms with Crippen LogP contribution in [-0.4, -0.2) is 53.0 Å². The van der Waals surface area contributed by atoms with Crippen molar-refractivity contribution in [3.8, 4) is 0 Å². The maximum absolute atomic E-state index is 11.8. The number of rotatable bonds is 4. The van der Waals surface area contributed by atoms with E-state index in [2.05, 4.69) is 20.2 Å². The second kappa shape index (κ2) is 8.00. The van der Waals surface area contributed by atoms with Gasteiger partial charge >= 0.3 is 5.97 Å². The van der Waals surface area contributed by atoms with Crippen LogP contribution in [0.2, 0.25) is 0 Å². The highest BCUT2D eigenvalue weighted by molar-refractivity contribution is 5.80. The molecule has 1 fully saturated rings. The SMILES string of the molecule is CCOC(=O)C1CCN(C(=NC)NCc2cn3ccccc3n2)CC1. The van der Waals surface area contributed by atoms with Gasteiger partial charge in [-0.25, -0.2) is 4.98 Å². The Balaban J connectivity index is 1.54. The summed E-state index contributed by atoms with van der Waals surface area (Å²) in [5, 5.41) is 3.37. The molecule has 0 bridgehead atoms. The number of nitrogens with zero attached hydrogens (tertiary/aromatic N) is 4. The molecule has 0 unspecified atom stereocenters. The smallest absolute Gasteiger partial charge is 0.309 e. The zero-order valence-corrected chi connectivity index (χ0v) is 14.8. The average Bonchev–Trinajstić information content (AvgIpc) is 3.06. The van der Waals surface area contributed by atoms with Gasteiger partial charge in [-0.1, -0.05) is 6.07 Å². The van der Waals surface area contributed by atoms with Gasteiger partial charge in [0.2, 0.25) is 0 Å². The van der Waals surface area contributed by atoms with Crippen LogP contribution < -0.4 is 5.32 Å². The lowest BCUT2D eigenvalue weighted by Gasteiger charge is -2.33. The monoisotopic (exact) mass is 343 g/mol. The second-order valence-corrected chi connectivity index (χ2v) is 6.11. The summed E-state index contributed by atoms with van der Waals surface area (Å²) in [5.74, 6) is 0.780. The molecule has 1 N–H and O–H groups in total. The number of hydrogen-bond donors (Lipinski definition) is 1. The number of aromatic nitrogens is 2. The first-order valence-electron chi connectivity index (χ1n) is 8.76. The minimum Gasteiger partial charge on any atom is -0.466 e. The minimum absolute atomic E-state index is 0.00717. The second-order valence-electron chi connectivity index (χ2n) is 6.11. The molecule has 2 aromatic rings. The minimum atomic E-state index is -0.0743. The predicted octanol–water partition coefficient (Wildman–Crippen LogP) is 1.68. The first kappa shape index (κ1) is 17.3. The number of pyridine rings is 1. The lowest BCUT2D eigenvalue weighted by Crippen LogP contribution is -2.46. The molecule has 134 valence electrons. The number of nitrogens with one attached hydrogen (secondary N) is 1. The molecule has 0 atom stereocenters. The molecule has 25 heavy (non-hydrogen) atoms. The first-order valence-corrected chi connectivity index (χ1v) is 8.76. The number of aliphatic imine (C=N–C) groups is 1. The Morgan fingerprint density at radius 1 is 1.40 bits per heavy atom. The van der Waals surface area contributed by atoms with E-state index < -0.39 is 0 Å². The van der Waals surface area contributed by atoms with Gasteiger partial charge in [0.1, 0.15) is 5.65 Å². The van der Waals surface area contributed by atoms with E-state index in [-0.39, 0.29) is 11.9 Å². The normalized spacial score (nSPS) is 16.2. The van der Waals surface area contributed by atoms with Gasteiger partial charge in [0.25, 0.3) is 0 Å². The van der Waals surface area contributed by atoms with Crippen LogP contribution in [0.4, 0.5) is 0 Å². The Kier molecular flexibility index (Phi) is 5.53. The van der Waals surface area contributed by atoms with Crippen LogP contribution >= 0.6 is 0 Å². The number of esters is 1. The molecule has 3 rings (SSSR count). The van der Waals surface area contributed by atoms with E-state index in [9.17, 15) is 4.79 Å². The molecule has 2 aromatic heterocycles. The maximum Gasteiger partial charge on any atom is 0.309 e. The quantitative estimate of drug-likeness (QED) is 0.520. The zero-order chi connectivity index (χ0) is 17.6. The van der Waals surface area contributed by atoms with Crippen LogP contribution in [0.25, 0.3) is 5.65 Å². The van der Waals surface area contributed by atoms with Crippen LogP contribution in [0.5, 0.6) is 0 Å². The van der Waals surface area contributed by atoms with Gasteiger partial charge < -0.3 is 19.4 Å². The zero-order valence-electron chi connectivity index (χ0n) is 14.8. The Morgan fingerprint density at radius 2 is 2.20 bits per heavy atom. The molecule has 0 amide bonds. The van der Waals surface area contributed by atoms with E-state index in [1.54, 1.807) is 7.05 Å². The van der Waals surface area contributed by atoms with Gasteiger partial charge in [-0.2, -0.15) is 0 Å². The van der Waals surface area contributed by atoms with Crippen molar-refractivity contribution in [3.05, 3.63) is 36.3 Å². The molecule has 1 aliphatic heterocycles. The van der Waals surface area contributed by atoms with E-state index in [4.69, 9.17) is 4.74 Å². The van der Waals surface area contributed by atoms with E-state index in [1.165, 1.54) is 0 Å². The standard InChI is InChI=1S/C18H25N5O2/c1-3-25-17(24)14-7-10-22(11-8-14)18(19-2)20-12-15-13-23-9-5-4-6-16(23)21-15/h4-6,9,13-14H,3,7-8,10-12H2,1-2H3,(H,19,20). The Morgan fingerprint density at radius 3 is 2.88 bits per heavy atom. The van der Waals surface area contributed by atoms with Crippen LogP contribution in [0.1, 0.15) is 25.5 Å². The third-order valence-corrected chi connectivity index (χ3v) is 4.47. The summed E-state index contributed by atoms with van der Waals surface area (Å²) in [6.07, 6.45) is 5.60. The predicted molar refractivity (Wildman–Crippen MR) is 96.3 cm³/mol. The fourth-order valence-corrected chi connectivity index (χ4v) is 3.16. The van der Waals surface area contributed by atoms with Gasteiger partial charge in [-0.05, 0) is 31.9 Å². The Hall–Kier alpha value is -2.57. The fraction of sp³-hybridized carbons (Fsp3) is 0.500. The summed E-state index contributed by atoms with van der Waals surface area (Å²) in [4.78, 5) is 23.0. The Labute approximate surface area is 147 Å². The summed E-state index contributed by atoms with van der Waals surface area (Å²) in [6.45, 7) is 4.51. The molecule has 3 heterocycles. The number of guanidine groups is 1. The average molecular weight is 343 g/mol. The van der Waals surface area contributed by atoms with Gasteiger partial charge in [0, 0.05) is 32.5 Å².